The van der Waals surface area contributed by atoms with Gasteiger partial charge in [-0.05, 0) is 18.2 Å². The van der Waals surface area contributed by atoms with Crippen molar-refractivity contribution in [1.82, 2.24) is 15.0 Å². The number of nitriles is 1. The predicted molar refractivity (Wildman–Crippen MR) is 69.4 cm³/mol. The zero-order valence-corrected chi connectivity index (χ0v) is 9.93. The fraction of sp³-hybridized carbons (Fsp3) is 0.0714. The number of aliphatic hydroxyl groups is 1. The molecule has 1 atom stereocenters. The van der Waals surface area contributed by atoms with Crippen LogP contribution in [0.2, 0.25) is 0 Å². The molecule has 3 aromatic rings. The van der Waals surface area contributed by atoms with E-state index >= 15 is 0 Å². The van der Waals surface area contributed by atoms with Crippen LogP contribution in [0.25, 0.3) is 16.7 Å². The van der Waals surface area contributed by atoms with Crippen molar-refractivity contribution in [2.24, 2.45) is 0 Å². The van der Waals surface area contributed by atoms with Crippen LogP contribution in [0.4, 0.5) is 0 Å². The third-order valence-corrected chi connectivity index (χ3v) is 2.93. The molecule has 5 nitrogen and oxygen atoms in total. The second-order valence-corrected chi connectivity index (χ2v) is 4.08. The highest BCUT2D eigenvalue weighted by molar-refractivity contribution is 5.76. The summed E-state index contributed by atoms with van der Waals surface area (Å²) in [6.45, 7) is 0. The van der Waals surface area contributed by atoms with Gasteiger partial charge in [-0.2, -0.15) is 5.26 Å². The van der Waals surface area contributed by atoms with Gasteiger partial charge in [0.1, 0.15) is 5.52 Å². The number of rotatable bonds is 2. The molecule has 1 N–H and O–H groups in total. The number of hydrogen-bond acceptors (Lipinski definition) is 4. The van der Waals surface area contributed by atoms with E-state index in [9.17, 15) is 5.11 Å². The van der Waals surface area contributed by atoms with E-state index in [1.54, 1.807) is 22.9 Å². The largest absolute Gasteiger partial charge is 0.374 e. The Hall–Kier alpha value is -2.71. The van der Waals surface area contributed by atoms with Gasteiger partial charge in [-0.3, -0.25) is 0 Å². The minimum atomic E-state index is -1.18. The van der Waals surface area contributed by atoms with Gasteiger partial charge in [0.05, 0.1) is 17.3 Å². The quantitative estimate of drug-likeness (QED) is 0.706. The van der Waals surface area contributed by atoms with Gasteiger partial charge >= 0.3 is 0 Å². The van der Waals surface area contributed by atoms with E-state index in [4.69, 9.17) is 5.26 Å². The number of hydrogen-bond donors (Lipinski definition) is 1. The van der Waals surface area contributed by atoms with Crippen molar-refractivity contribution >= 4 is 11.0 Å². The number of benzene rings is 2. The SMILES string of the molecule is N#CC(O)c1ccccc1-n1nnc2ccccc21. The smallest absolute Gasteiger partial charge is 0.167 e. The molecule has 1 unspecified atom stereocenters. The topological polar surface area (TPSA) is 74.7 Å². The number of aromatic nitrogens is 3. The van der Waals surface area contributed by atoms with E-state index in [0.717, 1.165) is 11.0 Å². The van der Waals surface area contributed by atoms with Crippen LogP contribution < -0.4 is 0 Å². The molecule has 2 aromatic carbocycles. The fourth-order valence-electron chi connectivity index (χ4n) is 2.03. The van der Waals surface area contributed by atoms with Crippen molar-refractivity contribution in [3.8, 4) is 11.8 Å². The Morgan fingerprint density at radius 3 is 2.68 bits per heavy atom. The van der Waals surface area contributed by atoms with Gasteiger partial charge in [0.2, 0.25) is 0 Å². The van der Waals surface area contributed by atoms with Crippen LogP contribution in [-0.2, 0) is 0 Å². The van der Waals surface area contributed by atoms with E-state index in [0.29, 0.717) is 11.3 Å². The van der Waals surface area contributed by atoms with Crippen molar-refractivity contribution in [2.45, 2.75) is 6.10 Å². The van der Waals surface area contributed by atoms with Crippen molar-refractivity contribution in [3.63, 3.8) is 0 Å². The van der Waals surface area contributed by atoms with Crippen LogP contribution >= 0.6 is 0 Å². The van der Waals surface area contributed by atoms with Crippen LogP contribution in [0.5, 0.6) is 0 Å². The van der Waals surface area contributed by atoms with E-state index in [1.807, 2.05) is 36.4 Å². The van der Waals surface area contributed by atoms with Crippen molar-refractivity contribution in [3.05, 3.63) is 54.1 Å². The first-order valence-corrected chi connectivity index (χ1v) is 5.78. The molecule has 0 amide bonds. The predicted octanol–water partition coefficient (Wildman–Crippen LogP) is 1.98. The van der Waals surface area contributed by atoms with Crippen LogP contribution in [0, 0.1) is 11.3 Å². The maximum atomic E-state index is 9.76. The van der Waals surface area contributed by atoms with Crippen molar-refractivity contribution in [1.29, 1.82) is 5.26 Å². The molecule has 0 fully saturated rings. The maximum absolute atomic E-state index is 9.76. The van der Waals surface area contributed by atoms with E-state index in [2.05, 4.69) is 10.3 Å². The van der Waals surface area contributed by atoms with E-state index < -0.39 is 6.10 Å². The Morgan fingerprint density at radius 2 is 1.84 bits per heavy atom. The minimum Gasteiger partial charge on any atom is -0.374 e. The average Bonchev–Trinajstić information content (AvgIpc) is 2.90. The lowest BCUT2D eigenvalue weighted by atomic mass is 10.1. The molecule has 92 valence electrons. The summed E-state index contributed by atoms with van der Waals surface area (Å²) in [6.07, 6.45) is -1.18. The average molecular weight is 250 g/mol. The van der Waals surface area contributed by atoms with Crippen LogP contribution in [0.3, 0.4) is 0 Å². The first kappa shape index (κ1) is 11.4. The lowest BCUT2D eigenvalue weighted by molar-refractivity contribution is 0.235. The first-order valence-electron chi connectivity index (χ1n) is 5.78. The molecular formula is C14H10N4O. The highest BCUT2D eigenvalue weighted by atomic mass is 16.3. The van der Waals surface area contributed by atoms with Gasteiger partial charge in [-0.15, -0.1) is 5.10 Å². The number of aliphatic hydroxyl groups excluding tert-OH is 1. The molecular weight excluding hydrogens is 240 g/mol. The summed E-state index contributed by atoms with van der Waals surface area (Å²) in [6, 6.07) is 16.5. The second-order valence-electron chi connectivity index (χ2n) is 4.08. The highest BCUT2D eigenvalue weighted by Gasteiger charge is 2.14. The number of para-hydroxylation sites is 2. The van der Waals surface area contributed by atoms with Gasteiger partial charge in [-0.25, -0.2) is 4.68 Å². The normalized spacial score (nSPS) is 12.2. The molecule has 0 aliphatic heterocycles. The van der Waals surface area contributed by atoms with Gasteiger partial charge in [0.25, 0.3) is 0 Å². The van der Waals surface area contributed by atoms with Crippen LogP contribution in [-0.4, -0.2) is 20.1 Å². The summed E-state index contributed by atoms with van der Waals surface area (Å²) in [5.41, 5.74) is 2.77. The Kier molecular flexibility index (Phi) is 2.71. The standard InChI is InChI=1S/C14H10N4O/c15-9-14(19)10-5-1-3-7-12(10)18-13-8-4-2-6-11(13)16-17-18/h1-8,14,19H. The summed E-state index contributed by atoms with van der Waals surface area (Å²) in [5.74, 6) is 0. The molecule has 0 saturated carbocycles. The summed E-state index contributed by atoms with van der Waals surface area (Å²) in [5, 5.41) is 26.8. The first-order chi connectivity index (χ1) is 9.31. The zero-order valence-electron chi connectivity index (χ0n) is 9.93. The summed E-state index contributed by atoms with van der Waals surface area (Å²) < 4.78 is 1.63. The Balaban J connectivity index is 2.25. The van der Waals surface area contributed by atoms with Crippen LogP contribution in [0.15, 0.2) is 48.5 Å². The Labute approximate surface area is 109 Å². The highest BCUT2D eigenvalue weighted by Crippen LogP contribution is 2.23. The second kappa shape index (κ2) is 4.52. The third kappa shape index (κ3) is 1.84. The minimum absolute atomic E-state index is 0.514. The molecule has 19 heavy (non-hydrogen) atoms. The molecule has 3 rings (SSSR count). The summed E-state index contributed by atoms with van der Waals surface area (Å²) >= 11 is 0. The maximum Gasteiger partial charge on any atom is 0.167 e. The number of fused-ring (bicyclic) bond motifs is 1. The lowest BCUT2D eigenvalue weighted by Gasteiger charge is -2.10. The third-order valence-electron chi connectivity index (χ3n) is 2.93. The molecule has 0 bridgehead atoms. The van der Waals surface area contributed by atoms with E-state index in [1.165, 1.54) is 0 Å². The Bertz CT molecular complexity index is 772. The van der Waals surface area contributed by atoms with Crippen LogP contribution in [0.1, 0.15) is 11.7 Å². The monoisotopic (exact) mass is 250 g/mol. The van der Waals surface area contributed by atoms with Gasteiger partial charge in [0.15, 0.2) is 6.10 Å². The zero-order chi connectivity index (χ0) is 13.2. The summed E-state index contributed by atoms with van der Waals surface area (Å²) in [4.78, 5) is 0. The Morgan fingerprint density at radius 1 is 1.11 bits per heavy atom. The lowest BCUT2D eigenvalue weighted by Crippen LogP contribution is -2.04. The molecule has 0 aliphatic carbocycles. The van der Waals surface area contributed by atoms with Crippen molar-refractivity contribution < 1.29 is 5.11 Å². The molecule has 1 aromatic heterocycles. The van der Waals surface area contributed by atoms with Gasteiger partial charge in [0, 0.05) is 5.56 Å². The summed E-state index contributed by atoms with van der Waals surface area (Å²) in [7, 11) is 0. The van der Waals surface area contributed by atoms with E-state index in [-0.39, 0.29) is 0 Å². The number of nitrogens with zero attached hydrogens (tertiary/aromatic N) is 4. The van der Waals surface area contributed by atoms with Gasteiger partial charge < -0.3 is 5.11 Å². The van der Waals surface area contributed by atoms with Crippen molar-refractivity contribution in [2.75, 3.05) is 0 Å². The molecule has 0 saturated heterocycles. The molecule has 0 spiro atoms. The molecule has 1 heterocycles. The fourth-order valence-corrected chi connectivity index (χ4v) is 2.03. The van der Waals surface area contributed by atoms with Gasteiger partial charge in [-0.1, -0.05) is 35.5 Å². The molecule has 0 radical (unpaired) electrons. The molecule has 5 heteroatoms. The molecule has 0 aliphatic rings.